The van der Waals surface area contributed by atoms with Crippen LogP contribution in [-0.2, 0) is 43.2 Å². The van der Waals surface area contributed by atoms with E-state index in [2.05, 4.69) is 45.9 Å². The number of H-pyrrole nitrogens is 3. The van der Waals surface area contributed by atoms with Crippen LogP contribution in [0.25, 0.3) is 0 Å². The minimum absolute atomic E-state index is 0.0564. The second-order valence-corrected chi connectivity index (χ2v) is 8.90. The molecule has 40 heavy (non-hydrogen) atoms. The zero-order valence-corrected chi connectivity index (χ0v) is 21.2. The van der Waals surface area contributed by atoms with Gasteiger partial charge in [-0.25, -0.2) is 19.7 Å². The largest absolute Gasteiger partial charge is 0.481 e. The highest BCUT2D eigenvalue weighted by Gasteiger charge is 2.31. The zero-order valence-electron chi connectivity index (χ0n) is 21.2. The number of carboxylic acid groups (broad SMARTS) is 2. The Labute approximate surface area is 226 Å². The van der Waals surface area contributed by atoms with Gasteiger partial charge in [-0.3, -0.25) is 19.2 Å². The molecule has 17 heteroatoms. The Balaban J connectivity index is 1.77. The Morgan fingerprint density at radius 2 is 1.10 bits per heavy atom. The van der Waals surface area contributed by atoms with E-state index in [1.807, 2.05) is 0 Å². The van der Waals surface area contributed by atoms with E-state index in [1.54, 1.807) is 0 Å². The summed E-state index contributed by atoms with van der Waals surface area (Å²) < 4.78 is 0. The van der Waals surface area contributed by atoms with Crippen molar-refractivity contribution in [2.45, 2.75) is 56.3 Å². The molecule has 0 saturated carbocycles. The van der Waals surface area contributed by atoms with E-state index in [4.69, 9.17) is 10.8 Å². The van der Waals surface area contributed by atoms with Gasteiger partial charge in [-0.05, 0) is 6.42 Å². The average Bonchev–Trinajstić information content (AvgIpc) is 3.70. The first-order valence-electron chi connectivity index (χ1n) is 12.2. The number of rotatable bonds is 16. The summed E-state index contributed by atoms with van der Waals surface area (Å²) in [6.07, 6.45) is 7.73. The number of nitrogens with one attached hydrogen (secondary N) is 6. The third-order valence-corrected chi connectivity index (χ3v) is 5.82. The van der Waals surface area contributed by atoms with E-state index in [9.17, 15) is 29.1 Å². The maximum Gasteiger partial charge on any atom is 0.326 e. The van der Waals surface area contributed by atoms with Crippen molar-refractivity contribution in [2.75, 3.05) is 0 Å². The number of nitrogens with two attached hydrogens (primary N) is 1. The van der Waals surface area contributed by atoms with Crippen molar-refractivity contribution in [2.24, 2.45) is 5.73 Å². The molecule has 4 unspecified atom stereocenters. The van der Waals surface area contributed by atoms with Crippen molar-refractivity contribution in [1.29, 1.82) is 0 Å². The van der Waals surface area contributed by atoms with Crippen LogP contribution in [0.1, 0.15) is 29.9 Å². The molecule has 0 radical (unpaired) electrons. The number of hydrogen-bond donors (Lipinski definition) is 9. The molecule has 0 fully saturated rings. The first-order chi connectivity index (χ1) is 19.1. The fourth-order valence-corrected chi connectivity index (χ4v) is 3.70. The second kappa shape index (κ2) is 14.2. The number of carboxylic acids is 2. The summed E-state index contributed by atoms with van der Waals surface area (Å²) in [4.78, 5) is 82.0. The lowest BCUT2D eigenvalue weighted by molar-refractivity contribution is -0.142. The normalized spacial score (nSPS) is 13.9. The van der Waals surface area contributed by atoms with Crippen LogP contribution in [0, 0.1) is 0 Å². The first kappa shape index (κ1) is 29.5. The van der Waals surface area contributed by atoms with Crippen LogP contribution in [-0.4, -0.2) is 93.9 Å². The van der Waals surface area contributed by atoms with E-state index in [-0.39, 0.29) is 32.1 Å². The minimum Gasteiger partial charge on any atom is -0.481 e. The molecule has 0 aliphatic rings. The number of aromatic nitrogens is 6. The first-order valence-corrected chi connectivity index (χ1v) is 12.2. The van der Waals surface area contributed by atoms with Crippen molar-refractivity contribution in [3.63, 3.8) is 0 Å². The number of carbonyl (C=O) groups excluding carboxylic acids is 3. The molecular weight excluding hydrogens is 528 g/mol. The molecule has 0 aromatic carbocycles. The smallest absolute Gasteiger partial charge is 0.326 e. The van der Waals surface area contributed by atoms with Crippen LogP contribution in [0.15, 0.2) is 37.6 Å². The van der Waals surface area contributed by atoms with E-state index < -0.39 is 53.8 Å². The van der Waals surface area contributed by atoms with E-state index in [1.165, 1.54) is 37.6 Å². The number of amides is 3. The molecule has 3 aromatic heterocycles. The van der Waals surface area contributed by atoms with Crippen molar-refractivity contribution >= 4 is 29.7 Å². The minimum atomic E-state index is -1.33. The number of aromatic amines is 3. The van der Waals surface area contributed by atoms with Gasteiger partial charge in [0.1, 0.15) is 18.1 Å². The number of hydrogen-bond acceptors (Lipinski definition) is 9. The molecule has 3 rings (SSSR count). The highest BCUT2D eigenvalue weighted by atomic mass is 16.4. The third-order valence-electron chi connectivity index (χ3n) is 5.82. The highest BCUT2D eigenvalue weighted by molar-refractivity contribution is 5.94. The number of carbonyl (C=O) groups is 5. The van der Waals surface area contributed by atoms with Crippen LogP contribution in [0.4, 0.5) is 0 Å². The van der Waals surface area contributed by atoms with Crippen LogP contribution < -0.4 is 21.7 Å². The Morgan fingerprint density at radius 1 is 0.700 bits per heavy atom. The van der Waals surface area contributed by atoms with Gasteiger partial charge in [-0.2, -0.15) is 0 Å². The predicted molar refractivity (Wildman–Crippen MR) is 135 cm³/mol. The summed E-state index contributed by atoms with van der Waals surface area (Å²) in [6.45, 7) is 0. The van der Waals surface area contributed by atoms with Gasteiger partial charge in [-0.1, -0.05) is 0 Å². The van der Waals surface area contributed by atoms with Gasteiger partial charge in [-0.15, -0.1) is 0 Å². The molecule has 0 saturated heterocycles. The van der Waals surface area contributed by atoms with E-state index in [0.717, 1.165) is 0 Å². The molecule has 0 spiro atoms. The zero-order chi connectivity index (χ0) is 29.1. The summed E-state index contributed by atoms with van der Waals surface area (Å²) in [6, 6.07) is -5.03. The summed E-state index contributed by atoms with van der Waals surface area (Å²) in [7, 11) is 0. The van der Waals surface area contributed by atoms with Gasteiger partial charge in [0.2, 0.25) is 17.7 Å². The summed E-state index contributed by atoms with van der Waals surface area (Å²) >= 11 is 0. The van der Waals surface area contributed by atoms with Crippen molar-refractivity contribution in [3.05, 3.63) is 54.7 Å². The van der Waals surface area contributed by atoms with E-state index in [0.29, 0.717) is 17.1 Å². The maximum atomic E-state index is 13.4. The lowest BCUT2D eigenvalue weighted by Crippen LogP contribution is -2.58. The van der Waals surface area contributed by atoms with Crippen molar-refractivity contribution in [1.82, 2.24) is 45.9 Å². The van der Waals surface area contributed by atoms with Gasteiger partial charge in [0.25, 0.3) is 0 Å². The van der Waals surface area contributed by atoms with Crippen LogP contribution in [0.3, 0.4) is 0 Å². The van der Waals surface area contributed by atoms with Gasteiger partial charge in [0, 0.05) is 61.4 Å². The van der Waals surface area contributed by atoms with Crippen molar-refractivity contribution < 1.29 is 34.2 Å². The molecule has 214 valence electrons. The van der Waals surface area contributed by atoms with Crippen LogP contribution >= 0.6 is 0 Å². The molecule has 10 N–H and O–H groups in total. The van der Waals surface area contributed by atoms with E-state index >= 15 is 0 Å². The number of nitrogens with zero attached hydrogens (tertiary/aromatic N) is 3. The van der Waals surface area contributed by atoms with Crippen LogP contribution in [0.2, 0.25) is 0 Å². The molecule has 0 aliphatic carbocycles. The van der Waals surface area contributed by atoms with Gasteiger partial charge in [0.05, 0.1) is 25.0 Å². The predicted octanol–water partition coefficient (Wildman–Crippen LogP) is -2.39. The average molecular weight is 559 g/mol. The Morgan fingerprint density at radius 3 is 1.48 bits per heavy atom. The van der Waals surface area contributed by atoms with Crippen molar-refractivity contribution in [3.8, 4) is 0 Å². The topological polar surface area (TPSA) is 274 Å². The lowest BCUT2D eigenvalue weighted by atomic mass is 10.1. The van der Waals surface area contributed by atoms with Crippen LogP contribution in [0.5, 0.6) is 0 Å². The summed E-state index contributed by atoms with van der Waals surface area (Å²) in [5.74, 6) is -4.75. The van der Waals surface area contributed by atoms with Gasteiger partial charge < -0.3 is 46.8 Å². The Kier molecular flexibility index (Phi) is 10.5. The standard InChI is InChI=1S/C23H30N10O7/c24-15(1-2-19(34)35)20(36)31-16(3-12-6-25-9-28-12)21(37)32-17(4-13-7-26-10-29-13)22(38)33-18(23(39)40)5-14-8-27-11-30-14/h6-11,15-18H,1-5,24H2,(H,25,28)(H,26,29)(H,27,30)(H,31,36)(H,32,37)(H,33,38)(H,34,35)(H,39,40). The molecule has 3 aromatic rings. The monoisotopic (exact) mass is 558 g/mol. The molecule has 17 nitrogen and oxygen atoms in total. The quantitative estimate of drug-likeness (QED) is 0.0894. The van der Waals surface area contributed by atoms with Gasteiger partial charge in [0.15, 0.2) is 0 Å². The SMILES string of the molecule is NC(CCC(=O)O)C(=O)NC(Cc1cnc[nH]1)C(=O)NC(Cc1cnc[nH]1)C(=O)NC(Cc1cnc[nH]1)C(=O)O. The molecule has 3 amide bonds. The third kappa shape index (κ3) is 9.05. The molecule has 3 heterocycles. The lowest BCUT2D eigenvalue weighted by Gasteiger charge is -2.25. The fraction of sp³-hybridized carbons (Fsp3) is 0.391. The molecule has 4 atom stereocenters. The molecule has 0 bridgehead atoms. The highest BCUT2D eigenvalue weighted by Crippen LogP contribution is 2.06. The fourth-order valence-electron chi connectivity index (χ4n) is 3.70. The number of aliphatic carboxylic acids is 2. The van der Waals surface area contributed by atoms with Gasteiger partial charge >= 0.3 is 11.9 Å². The number of imidazole rings is 3. The molecule has 0 aliphatic heterocycles. The maximum absolute atomic E-state index is 13.4. The Hall–Kier alpha value is -5.06. The molecular formula is C23H30N10O7. The summed E-state index contributed by atoms with van der Waals surface area (Å²) in [5.41, 5.74) is 7.24. The summed E-state index contributed by atoms with van der Waals surface area (Å²) in [5, 5.41) is 26.0. The Bertz CT molecular complexity index is 1260. The second-order valence-electron chi connectivity index (χ2n) is 8.90.